The summed E-state index contributed by atoms with van der Waals surface area (Å²) in [6, 6.07) is 15.0. The highest BCUT2D eigenvalue weighted by Gasteiger charge is 2.21. The third-order valence-electron chi connectivity index (χ3n) is 6.82. The average Bonchev–Trinajstić information content (AvgIpc) is 2.97. The molecule has 12 heteroatoms. The summed E-state index contributed by atoms with van der Waals surface area (Å²) in [4.78, 5) is 28.8. The van der Waals surface area contributed by atoms with E-state index < -0.39 is 6.16 Å². The van der Waals surface area contributed by atoms with Gasteiger partial charge >= 0.3 is 6.16 Å². The van der Waals surface area contributed by atoms with E-state index in [9.17, 15) is 4.79 Å². The van der Waals surface area contributed by atoms with Crippen molar-refractivity contribution in [1.29, 1.82) is 0 Å². The molecule has 1 aromatic heterocycles. The third-order valence-corrected chi connectivity index (χ3v) is 7.46. The van der Waals surface area contributed by atoms with Crippen molar-refractivity contribution in [3.8, 4) is 33.9 Å². The first-order valence-electron chi connectivity index (χ1n) is 14.3. The molecule has 44 heavy (non-hydrogen) atoms. The Balaban J connectivity index is 0.00000127. The van der Waals surface area contributed by atoms with Gasteiger partial charge in [-0.2, -0.15) is 0 Å². The second kappa shape index (κ2) is 18.5. The lowest BCUT2D eigenvalue weighted by Crippen LogP contribution is -2.36. The van der Waals surface area contributed by atoms with Gasteiger partial charge in [-0.05, 0) is 82.7 Å². The van der Waals surface area contributed by atoms with Crippen LogP contribution >= 0.6 is 35.6 Å². The minimum Gasteiger partial charge on any atom is -0.494 e. The molecule has 3 aromatic rings. The number of ether oxygens (including phenoxy) is 2. The minimum atomic E-state index is -1.83. The molecule has 4 rings (SSSR count). The van der Waals surface area contributed by atoms with Crippen LogP contribution in [0.15, 0.2) is 48.5 Å². The SMILES string of the molecule is CCOc1ccc(Cl)c(-c2ccc(C(=O)NC3CCCCC3)nc2-c2ccc(Cl)c(OCCCN(C)C)c2)c1.Cl.O=C(O)O. The van der Waals surface area contributed by atoms with Crippen LogP contribution in [0, 0.1) is 0 Å². The standard InChI is InChI=1S/C31H37Cl2N3O3.CH2O3.ClH/c1-4-38-23-12-15-26(32)25(20-23)24-13-16-28(31(37)34-22-9-6-5-7-10-22)35-30(24)21-11-14-27(33)29(19-21)39-18-8-17-36(2)3;2-1(3)4;/h11-16,19-20,22H,4-10,17-18H2,1-3H3,(H,34,37);(H2,2,3,4);1H. The van der Waals surface area contributed by atoms with E-state index in [1.165, 1.54) is 6.42 Å². The lowest BCUT2D eigenvalue weighted by atomic mass is 9.95. The summed E-state index contributed by atoms with van der Waals surface area (Å²) >= 11 is 13.2. The summed E-state index contributed by atoms with van der Waals surface area (Å²) in [6.07, 6.45) is 4.54. The average molecular weight is 669 g/mol. The highest BCUT2D eigenvalue weighted by atomic mass is 35.5. The van der Waals surface area contributed by atoms with Gasteiger partial charge in [0.05, 0.1) is 23.9 Å². The van der Waals surface area contributed by atoms with E-state index in [0.717, 1.165) is 55.3 Å². The molecule has 1 amide bonds. The summed E-state index contributed by atoms with van der Waals surface area (Å²) in [5, 5.41) is 18.2. The van der Waals surface area contributed by atoms with Gasteiger partial charge in [0.2, 0.25) is 0 Å². The number of aromatic nitrogens is 1. The molecule has 0 spiro atoms. The number of halogens is 3. The number of pyridine rings is 1. The van der Waals surface area contributed by atoms with Gasteiger partial charge in [0.15, 0.2) is 0 Å². The van der Waals surface area contributed by atoms with Crippen LogP contribution in [0.1, 0.15) is 55.9 Å². The Kier molecular flexibility index (Phi) is 15.6. The van der Waals surface area contributed by atoms with Crippen LogP contribution in [0.25, 0.3) is 22.4 Å². The number of carboxylic acid groups (broad SMARTS) is 2. The van der Waals surface area contributed by atoms with Crippen molar-refractivity contribution in [3.63, 3.8) is 0 Å². The minimum absolute atomic E-state index is 0. The largest absolute Gasteiger partial charge is 0.503 e. The smallest absolute Gasteiger partial charge is 0.494 e. The van der Waals surface area contributed by atoms with Gasteiger partial charge in [-0.3, -0.25) is 4.79 Å². The third kappa shape index (κ3) is 11.4. The predicted molar refractivity (Wildman–Crippen MR) is 177 cm³/mol. The number of carbonyl (C=O) groups excluding carboxylic acids is 1. The first kappa shape index (κ1) is 36.9. The molecule has 1 heterocycles. The van der Waals surface area contributed by atoms with Crippen molar-refractivity contribution in [1.82, 2.24) is 15.2 Å². The molecule has 0 radical (unpaired) electrons. The van der Waals surface area contributed by atoms with Crippen LogP contribution in [0.3, 0.4) is 0 Å². The molecule has 0 aliphatic heterocycles. The van der Waals surface area contributed by atoms with E-state index in [0.29, 0.717) is 46.1 Å². The summed E-state index contributed by atoms with van der Waals surface area (Å²) in [6.45, 7) is 3.93. The van der Waals surface area contributed by atoms with Crippen LogP contribution in [-0.4, -0.2) is 72.1 Å². The van der Waals surface area contributed by atoms with Gasteiger partial charge in [0.1, 0.15) is 17.2 Å². The fourth-order valence-corrected chi connectivity index (χ4v) is 5.21. The second-order valence-corrected chi connectivity index (χ2v) is 11.2. The Morgan fingerprint density at radius 2 is 1.64 bits per heavy atom. The van der Waals surface area contributed by atoms with Gasteiger partial charge in [0, 0.05) is 34.3 Å². The van der Waals surface area contributed by atoms with Crippen LogP contribution in [0.5, 0.6) is 11.5 Å². The maximum atomic E-state index is 13.2. The number of nitrogens with zero attached hydrogens (tertiary/aromatic N) is 2. The summed E-state index contributed by atoms with van der Waals surface area (Å²) < 4.78 is 11.8. The highest BCUT2D eigenvalue weighted by molar-refractivity contribution is 6.33. The molecule has 9 nitrogen and oxygen atoms in total. The Bertz CT molecular complexity index is 1380. The maximum Gasteiger partial charge on any atom is 0.503 e. The number of hydrogen-bond donors (Lipinski definition) is 3. The highest BCUT2D eigenvalue weighted by Crippen LogP contribution is 2.39. The van der Waals surface area contributed by atoms with E-state index in [1.54, 1.807) is 12.1 Å². The zero-order valence-corrected chi connectivity index (χ0v) is 27.5. The molecular formula is C32H40Cl3N3O6. The van der Waals surface area contributed by atoms with Crippen molar-refractivity contribution in [2.45, 2.75) is 51.5 Å². The van der Waals surface area contributed by atoms with Crippen molar-refractivity contribution in [2.75, 3.05) is 33.9 Å². The molecule has 2 aromatic carbocycles. The van der Waals surface area contributed by atoms with Crippen molar-refractivity contribution in [2.24, 2.45) is 0 Å². The van der Waals surface area contributed by atoms with E-state index in [1.807, 2.05) is 57.4 Å². The number of hydrogen-bond acceptors (Lipinski definition) is 6. The van der Waals surface area contributed by atoms with Gasteiger partial charge < -0.3 is 29.9 Å². The molecule has 3 N–H and O–H groups in total. The predicted octanol–water partition coefficient (Wildman–Crippen LogP) is 8.16. The normalized spacial score (nSPS) is 12.9. The number of nitrogens with one attached hydrogen (secondary N) is 1. The first-order valence-corrected chi connectivity index (χ1v) is 15.1. The number of amides is 1. The van der Waals surface area contributed by atoms with Crippen molar-refractivity contribution in [3.05, 3.63) is 64.3 Å². The fourth-order valence-electron chi connectivity index (χ4n) is 4.82. The Morgan fingerprint density at radius 1 is 0.955 bits per heavy atom. The molecule has 0 unspecified atom stereocenters. The molecule has 0 saturated heterocycles. The Hall–Kier alpha value is -3.24. The molecule has 1 aliphatic rings. The van der Waals surface area contributed by atoms with Gasteiger partial charge in [-0.15, -0.1) is 12.4 Å². The molecule has 240 valence electrons. The number of benzene rings is 2. The molecule has 1 saturated carbocycles. The molecule has 1 fully saturated rings. The molecular weight excluding hydrogens is 629 g/mol. The maximum absolute atomic E-state index is 13.2. The second-order valence-electron chi connectivity index (χ2n) is 10.4. The quantitative estimate of drug-likeness (QED) is 0.175. The zero-order chi connectivity index (χ0) is 31.4. The van der Waals surface area contributed by atoms with E-state index >= 15 is 0 Å². The van der Waals surface area contributed by atoms with Crippen LogP contribution < -0.4 is 14.8 Å². The topological polar surface area (TPSA) is 121 Å². The lowest BCUT2D eigenvalue weighted by molar-refractivity contribution is 0.0922. The van der Waals surface area contributed by atoms with Crippen LogP contribution in [0.2, 0.25) is 10.0 Å². The van der Waals surface area contributed by atoms with Crippen molar-refractivity contribution >= 4 is 47.7 Å². The molecule has 1 aliphatic carbocycles. The van der Waals surface area contributed by atoms with Crippen LogP contribution in [0.4, 0.5) is 4.79 Å². The Morgan fingerprint density at radius 3 is 2.30 bits per heavy atom. The summed E-state index contributed by atoms with van der Waals surface area (Å²) in [7, 11) is 4.06. The van der Waals surface area contributed by atoms with Gasteiger partial charge in [-0.1, -0.05) is 48.5 Å². The van der Waals surface area contributed by atoms with E-state index in [2.05, 4.69) is 10.2 Å². The summed E-state index contributed by atoms with van der Waals surface area (Å²) in [5.41, 5.74) is 3.32. The van der Waals surface area contributed by atoms with E-state index in [4.69, 9.17) is 52.7 Å². The number of rotatable bonds is 11. The fraction of sp³-hybridized carbons (Fsp3) is 0.406. The van der Waals surface area contributed by atoms with E-state index in [-0.39, 0.29) is 24.4 Å². The lowest BCUT2D eigenvalue weighted by Gasteiger charge is -2.23. The summed E-state index contributed by atoms with van der Waals surface area (Å²) in [5.74, 6) is 1.12. The number of carbonyl (C=O) groups is 2. The first-order chi connectivity index (χ1) is 20.6. The van der Waals surface area contributed by atoms with Crippen LogP contribution in [-0.2, 0) is 0 Å². The molecule has 0 bridgehead atoms. The monoisotopic (exact) mass is 667 g/mol. The molecule has 0 atom stereocenters. The zero-order valence-electron chi connectivity index (χ0n) is 25.1. The Labute approximate surface area is 274 Å². The van der Waals surface area contributed by atoms with Crippen molar-refractivity contribution < 1.29 is 29.3 Å². The van der Waals surface area contributed by atoms with Gasteiger partial charge in [-0.25, -0.2) is 9.78 Å². The van der Waals surface area contributed by atoms with Gasteiger partial charge in [0.25, 0.3) is 5.91 Å².